The molecule has 0 fully saturated rings. The number of hydrogen-bond acceptors (Lipinski definition) is 5. The summed E-state index contributed by atoms with van der Waals surface area (Å²) in [5.74, 6) is -0.646. The molecule has 224 valence electrons. The third-order valence-electron chi connectivity index (χ3n) is 6.80. The molecule has 8 nitrogen and oxygen atoms in total. The highest BCUT2D eigenvalue weighted by atomic mass is 35.5. The van der Waals surface area contributed by atoms with E-state index in [2.05, 4.69) is 5.32 Å². The Hall–Kier alpha value is -4.34. The maximum atomic E-state index is 14.4. The van der Waals surface area contributed by atoms with Crippen molar-refractivity contribution >= 4 is 39.1 Å². The first kappa shape index (κ1) is 31.6. The zero-order chi connectivity index (χ0) is 30.8. The summed E-state index contributed by atoms with van der Waals surface area (Å²) < 4.78 is 35.0. The summed E-state index contributed by atoms with van der Waals surface area (Å²) >= 11 is 6.26. The van der Waals surface area contributed by atoms with Gasteiger partial charge in [-0.05, 0) is 54.4 Å². The number of carbonyl (C=O) groups excluding carboxylic acids is 2. The van der Waals surface area contributed by atoms with Crippen LogP contribution in [0.3, 0.4) is 0 Å². The Morgan fingerprint density at radius 1 is 0.860 bits per heavy atom. The Bertz CT molecular complexity index is 1630. The number of carbonyl (C=O) groups is 2. The standard InChI is InChI=1S/C33H34ClN3O5S/c1-3-42-31-20-11-10-19-29(31)37(43(40,41)28-17-8-5-9-18-28)24-32(38)36(23-26-15-12-16-27(34)21-26)30(33(39)35-2)22-25-13-6-4-7-14-25/h4-21,30H,3,22-24H2,1-2H3,(H,35,39)/t30-/m0/s1. The Balaban J connectivity index is 1.82. The van der Waals surface area contributed by atoms with Crippen molar-refractivity contribution in [2.24, 2.45) is 0 Å². The average Bonchev–Trinajstić information content (AvgIpc) is 3.02. The molecule has 4 aromatic rings. The van der Waals surface area contributed by atoms with Gasteiger partial charge in [-0.1, -0.05) is 84.4 Å². The molecule has 2 amide bonds. The molecule has 4 aromatic carbocycles. The van der Waals surface area contributed by atoms with Gasteiger partial charge in [0.05, 0.1) is 17.2 Å². The van der Waals surface area contributed by atoms with Crippen molar-refractivity contribution in [3.8, 4) is 5.75 Å². The summed E-state index contributed by atoms with van der Waals surface area (Å²) in [6, 6.07) is 30.0. The van der Waals surface area contributed by atoms with Crippen LogP contribution in [0.25, 0.3) is 0 Å². The molecule has 10 heteroatoms. The van der Waals surface area contributed by atoms with Crippen molar-refractivity contribution in [3.63, 3.8) is 0 Å². The van der Waals surface area contributed by atoms with Gasteiger partial charge >= 0.3 is 0 Å². The zero-order valence-electron chi connectivity index (χ0n) is 24.0. The lowest BCUT2D eigenvalue weighted by atomic mass is 10.0. The lowest BCUT2D eigenvalue weighted by Gasteiger charge is -2.34. The van der Waals surface area contributed by atoms with Gasteiger partial charge in [0.15, 0.2) is 0 Å². The van der Waals surface area contributed by atoms with Crippen LogP contribution in [0.15, 0.2) is 114 Å². The summed E-state index contributed by atoms with van der Waals surface area (Å²) in [5.41, 5.74) is 1.74. The number of amides is 2. The molecule has 43 heavy (non-hydrogen) atoms. The third-order valence-corrected chi connectivity index (χ3v) is 8.81. The number of para-hydroxylation sites is 2. The average molecular weight is 620 g/mol. The van der Waals surface area contributed by atoms with E-state index >= 15 is 0 Å². The molecule has 0 radical (unpaired) electrons. The second-order valence-electron chi connectivity index (χ2n) is 9.70. The van der Waals surface area contributed by atoms with Crippen LogP contribution in [0.4, 0.5) is 5.69 Å². The molecule has 0 aliphatic carbocycles. The van der Waals surface area contributed by atoms with Crippen LogP contribution < -0.4 is 14.4 Å². The van der Waals surface area contributed by atoms with Gasteiger partial charge < -0.3 is 15.0 Å². The summed E-state index contributed by atoms with van der Waals surface area (Å²) in [5, 5.41) is 3.15. The van der Waals surface area contributed by atoms with Crippen LogP contribution in [-0.4, -0.2) is 51.4 Å². The second kappa shape index (κ2) is 14.7. The van der Waals surface area contributed by atoms with Gasteiger partial charge in [0.2, 0.25) is 11.8 Å². The van der Waals surface area contributed by atoms with Crippen LogP contribution in [0, 0.1) is 0 Å². The molecule has 0 aromatic heterocycles. The highest BCUT2D eigenvalue weighted by Crippen LogP contribution is 2.33. The molecular weight excluding hydrogens is 586 g/mol. The van der Waals surface area contributed by atoms with Gasteiger partial charge in [0, 0.05) is 25.0 Å². The molecular formula is C33H34ClN3O5S. The van der Waals surface area contributed by atoms with E-state index in [9.17, 15) is 18.0 Å². The highest BCUT2D eigenvalue weighted by Gasteiger charge is 2.35. The molecule has 0 saturated carbocycles. The van der Waals surface area contributed by atoms with E-state index in [0.29, 0.717) is 22.9 Å². The van der Waals surface area contributed by atoms with E-state index < -0.39 is 28.5 Å². The number of nitrogens with one attached hydrogen (secondary N) is 1. The van der Waals surface area contributed by atoms with Crippen molar-refractivity contribution < 1.29 is 22.7 Å². The number of ether oxygens (including phenoxy) is 1. The summed E-state index contributed by atoms with van der Waals surface area (Å²) in [6.45, 7) is 1.53. The highest BCUT2D eigenvalue weighted by molar-refractivity contribution is 7.92. The summed E-state index contributed by atoms with van der Waals surface area (Å²) in [6.07, 6.45) is 0.216. The van der Waals surface area contributed by atoms with Gasteiger partial charge in [-0.15, -0.1) is 0 Å². The molecule has 0 spiro atoms. The van der Waals surface area contributed by atoms with Gasteiger partial charge in [-0.3, -0.25) is 13.9 Å². The fourth-order valence-electron chi connectivity index (χ4n) is 4.73. The SMILES string of the molecule is CCOc1ccccc1N(CC(=O)N(Cc1cccc(Cl)c1)[C@@H](Cc1ccccc1)C(=O)NC)S(=O)(=O)c1ccccc1. The van der Waals surface area contributed by atoms with Crippen LogP contribution >= 0.6 is 11.6 Å². The minimum atomic E-state index is -4.23. The van der Waals surface area contributed by atoms with Gasteiger partial charge in [0.1, 0.15) is 18.3 Å². The van der Waals surface area contributed by atoms with Crippen molar-refractivity contribution in [1.29, 1.82) is 0 Å². The number of nitrogens with zero attached hydrogens (tertiary/aromatic N) is 2. The Morgan fingerprint density at radius 3 is 2.14 bits per heavy atom. The third kappa shape index (κ3) is 7.94. The molecule has 0 bridgehead atoms. The first-order chi connectivity index (χ1) is 20.7. The van der Waals surface area contributed by atoms with E-state index in [1.165, 1.54) is 24.1 Å². The predicted molar refractivity (Wildman–Crippen MR) is 169 cm³/mol. The fourth-order valence-corrected chi connectivity index (χ4v) is 6.38. The van der Waals surface area contributed by atoms with E-state index in [4.69, 9.17) is 16.3 Å². The number of benzene rings is 4. The van der Waals surface area contributed by atoms with E-state index in [0.717, 1.165) is 9.87 Å². The first-order valence-electron chi connectivity index (χ1n) is 13.8. The lowest BCUT2D eigenvalue weighted by molar-refractivity contribution is -0.139. The molecule has 0 heterocycles. The minimum Gasteiger partial charge on any atom is -0.492 e. The monoisotopic (exact) mass is 619 g/mol. The van der Waals surface area contributed by atoms with Crippen molar-refractivity contribution in [3.05, 3.63) is 125 Å². The van der Waals surface area contributed by atoms with Crippen molar-refractivity contribution in [1.82, 2.24) is 10.2 Å². The lowest BCUT2D eigenvalue weighted by Crippen LogP contribution is -2.53. The van der Waals surface area contributed by atoms with Crippen LogP contribution in [0.5, 0.6) is 5.75 Å². The Labute approximate surface area is 257 Å². The van der Waals surface area contributed by atoms with E-state index in [-0.39, 0.29) is 29.5 Å². The predicted octanol–water partition coefficient (Wildman–Crippen LogP) is 5.32. The summed E-state index contributed by atoms with van der Waals surface area (Å²) in [7, 11) is -2.72. The molecule has 4 rings (SSSR count). The second-order valence-corrected chi connectivity index (χ2v) is 12.0. The van der Waals surface area contributed by atoms with Gasteiger partial charge in [-0.25, -0.2) is 8.42 Å². The molecule has 0 unspecified atom stereocenters. The number of likely N-dealkylation sites (N-methyl/N-ethyl adjacent to an activating group) is 1. The number of anilines is 1. The Morgan fingerprint density at radius 2 is 1.49 bits per heavy atom. The van der Waals surface area contributed by atoms with Crippen molar-refractivity contribution in [2.75, 3.05) is 24.5 Å². The zero-order valence-corrected chi connectivity index (χ0v) is 25.6. The topological polar surface area (TPSA) is 96.0 Å². The quantitative estimate of drug-likeness (QED) is 0.219. The van der Waals surface area contributed by atoms with Crippen LogP contribution in [-0.2, 0) is 32.6 Å². The maximum Gasteiger partial charge on any atom is 0.264 e. The molecule has 1 atom stereocenters. The number of rotatable bonds is 13. The Kier molecular flexibility index (Phi) is 10.8. The molecule has 1 N–H and O–H groups in total. The molecule has 0 aliphatic heterocycles. The largest absolute Gasteiger partial charge is 0.492 e. The first-order valence-corrected chi connectivity index (χ1v) is 15.7. The van der Waals surface area contributed by atoms with E-state index in [1.54, 1.807) is 73.7 Å². The fraction of sp³-hybridized carbons (Fsp3) is 0.212. The molecule has 0 aliphatic rings. The van der Waals surface area contributed by atoms with Gasteiger partial charge in [0.25, 0.3) is 10.0 Å². The number of sulfonamides is 1. The smallest absolute Gasteiger partial charge is 0.264 e. The minimum absolute atomic E-state index is 0.0163. The van der Waals surface area contributed by atoms with Gasteiger partial charge in [-0.2, -0.15) is 0 Å². The van der Waals surface area contributed by atoms with E-state index in [1.807, 2.05) is 30.3 Å². The van der Waals surface area contributed by atoms with Crippen molar-refractivity contribution in [2.45, 2.75) is 30.8 Å². The maximum absolute atomic E-state index is 14.4. The van der Waals surface area contributed by atoms with Crippen LogP contribution in [0.1, 0.15) is 18.1 Å². The summed E-state index contributed by atoms with van der Waals surface area (Å²) in [4.78, 5) is 29.2. The molecule has 0 saturated heterocycles. The van der Waals surface area contributed by atoms with Crippen LogP contribution in [0.2, 0.25) is 5.02 Å². The number of hydrogen-bond donors (Lipinski definition) is 1. The number of halogens is 1. The normalized spacial score (nSPS) is 11.8.